The highest BCUT2D eigenvalue weighted by Crippen LogP contribution is 2.12. The maximum Gasteiger partial charge on any atom is 0.297 e. The molecule has 1 aromatic rings. The zero-order valence-corrected chi connectivity index (χ0v) is 11.0. The Hall–Kier alpha value is -0.580. The van der Waals surface area contributed by atoms with Crippen LogP contribution in [0.1, 0.15) is 5.56 Å². The number of aryl methyl sites for hydroxylation is 1. The fraction of sp³-hybridized carbons (Fsp3) is 0.200. The van der Waals surface area contributed by atoms with Gasteiger partial charge in [0.15, 0.2) is 0 Å². The van der Waals surface area contributed by atoms with Gasteiger partial charge in [-0.1, -0.05) is 23.6 Å². The van der Waals surface area contributed by atoms with Gasteiger partial charge in [-0.05, 0) is 23.0 Å². The van der Waals surface area contributed by atoms with Crippen molar-refractivity contribution >= 4 is 32.7 Å². The number of hydrogen-bond donors (Lipinski definition) is 0. The molecule has 0 spiro atoms. The van der Waals surface area contributed by atoms with Gasteiger partial charge < -0.3 is 0 Å². The van der Waals surface area contributed by atoms with Crippen molar-refractivity contribution in [3.63, 3.8) is 0 Å². The Bertz CT molecular complexity index is 480. The van der Waals surface area contributed by atoms with Gasteiger partial charge in [0.2, 0.25) is 0 Å². The summed E-state index contributed by atoms with van der Waals surface area (Å²) in [4.78, 5) is 0.156. The van der Waals surface area contributed by atoms with E-state index in [1.165, 1.54) is 12.1 Å². The van der Waals surface area contributed by atoms with Gasteiger partial charge in [-0.15, -0.1) is 0 Å². The highest BCUT2D eigenvalue weighted by molar-refractivity contribution is 14.1. The molecule has 0 aromatic heterocycles. The molecule has 0 aliphatic carbocycles. The van der Waals surface area contributed by atoms with Gasteiger partial charge in [-0.2, -0.15) is 8.42 Å². The van der Waals surface area contributed by atoms with Crippen molar-refractivity contribution in [1.82, 2.24) is 0 Å². The lowest BCUT2D eigenvalue weighted by atomic mass is 10.2. The number of rotatable bonds is 3. The Morgan fingerprint density at radius 3 is 2.47 bits per heavy atom. The Kier molecular flexibility index (Phi) is 4.57. The van der Waals surface area contributed by atoms with Crippen LogP contribution in [0.5, 0.6) is 0 Å². The molecule has 0 amide bonds. The van der Waals surface area contributed by atoms with Crippen LogP contribution in [-0.4, -0.2) is 15.0 Å². The minimum atomic E-state index is -3.66. The minimum Gasteiger partial charge on any atom is -0.253 e. The van der Waals surface area contributed by atoms with Crippen LogP contribution in [0.3, 0.4) is 0 Å². The summed E-state index contributed by atoms with van der Waals surface area (Å²) in [5.41, 5.74) is 1.00. The molecule has 80 valence electrons. The number of halogens is 1. The standard InChI is InChI=1S/C10H9IO3S/c1-9-3-5-10(6-4-9)15(12,13)14-8-2-7-11/h3-6H,8H2,1H3. The molecule has 0 aliphatic rings. The van der Waals surface area contributed by atoms with Gasteiger partial charge in [0.25, 0.3) is 10.1 Å². The topological polar surface area (TPSA) is 43.4 Å². The molecule has 0 atom stereocenters. The summed E-state index contributed by atoms with van der Waals surface area (Å²) >= 11 is 1.82. The van der Waals surface area contributed by atoms with Crippen LogP contribution < -0.4 is 0 Å². The third kappa shape index (κ3) is 3.81. The largest absolute Gasteiger partial charge is 0.297 e. The molecule has 0 saturated heterocycles. The molecule has 1 rings (SSSR count). The van der Waals surface area contributed by atoms with Crippen LogP contribution in [0.25, 0.3) is 0 Å². The van der Waals surface area contributed by atoms with Gasteiger partial charge in [-0.25, -0.2) is 0 Å². The predicted octanol–water partition coefficient (Wildman–Crippen LogP) is 2.10. The SMILES string of the molecule is Cc1ccc(S(=O)(=O)OCC#CI)cc1. The fourth-order valence-electron chi connectivity index (χ4n) is 0.907. The van der Waals surface area contributed by atoms with Crippen molar-refractivity contribution in [2.24, 2.45) is 0 Å². The molecular formula is C10H9IO3S. The van der Waals surface area contributed by atoms with E-state index in [-0.39, 0.29) is 11.5 Å². The van der Waals surface area contributed by atoms with E-state index in [0.717, 1.165) is 5.56 Å². The first kappa shape index (κ1) is 12.5. The van der Waals surface area contributed by atoms with Crippen LogP contribution in [0.2, 0.25) is 0 Å². The van der Waals surface area contributed by atoms with Crippen LogP contribution in [0, 0.1) is 16.8 Å². The molecule has 0 N–H and O–H groups in total. The third-order valence-corrected chi connectivity index (χ3v) is 3.32. The van der Waals surface area contributed by atoms with Crippen molar-refractivity contribution in [3.8, 4) is 9.85 Å². The van der Waals surface area contributed by atoms with Gasteiger partial charge in [0, 0.05) is 22.6 Å². The number of benzene rings is 1. The van der Waals surface area contributed by atoms with Crippen LogP contribution in [-0.2, 0) is 14.3 Å². The third-order valence-electron chi connectivity index (χ3n) is 1.66. The Morgan fingerprint density at radius 2 is 1.93 bits per heavy atom. The Balaban J connectivity index is 2.85. The van der Waals surface area contributed by atoms with E-state index in [9.17, 15) is 8.42 Å². The monoisotopic (exact) mass is 336 g/mol. The molecule has 0 unspecified atom stereocenters. The second kappa shape index (κ2) is 5.49. The first-order chi connectivity index (χ1) is 7.06. The van der Waals surface area contributed by atoms with E-state index < -0.39 is 10.1 Å². The van der Waals surface area contributed by atoms with Crippen molar-refractivity contribution in [2.75, 3.05) is 6.61 Å². The quantitative estimate of drug-likeness (QED) is 0.482. The average molecular weight is 336 g/mol. The summed E-state index contributed by atoms with van der Waals surface area (Å²) in [5, 5.41) is 0. The lowest BCUT2D eigenvalue weighted by Gasteiger charge is -2.02. The molecule has 3 nitrogen and oxygen atoms in total. The van der Waals surface area contributed by atoms with Crippen LogP contribution >= 0.6 is 22.6 Å². The number of hydrogen-bond acceptors (Lipinski definition) is 3. The summed E-state index contributed by atoms with van der Waals surface area (Å²) in [5.74, 6) is 2.52. The summed E-state index contributed by atoms with van der Waals surface area (Å²) in [7, 11) is -3.66. The summed E-state index contributed by atoms with van der Waals surface area (Å²) in [6.07, 6.45) is 0. The summed E-state index contributed by atoms with van der Waals surface area (Å²) < 4.78 is 30.3. The van der Waals surface area contributed by atoms with Crippen molar-refractivity contribution in [1.29, 1.82) is 0 Å². The van der Waals surface area contributed by atoms with E-state index in [4.69, 9.17) is 0 Å². The minimum absolute atomic E-state index is 0.112. The lowest BCUT2D eigenvalue weighted by Crippen LogP contribution is -2.06. The van der Waals surface area contributed by atoms with Gasteiger partial charge in [0.1, 0.15) is 6.61 Å². The first-order valence-corrected chi connectivity index (χ1v) is 6.59. The van der Waals surface area contributed by atoms with E-state index in [1.54, 1.807) is 12.1 Å². The van der Waals surface area contributed by atoms with E-state index in [1.807, 2.05) is 29.5 Å². The smallest absolute Gasteiger partial charge is 0.253 e. The predicted molar refractivity (Wildman–Crippen MR) is 66.1 cm³/mol. The second-order valence-corrected chi connectivity index (χ2v) is 4.96. The fourth-order valence-corrected chi connectivity index (χ4v) is 1.88. The lowest BCUT2D eigenvalue weighted by molar-refractivity contribution is 0.363. The Morgan fingerprint density at radius 1 is 1.33 bits per heavy atom. The highest BCUT2D eigenvalue weighted by atomic mass is 127. The van der Waals surface area contributed by atoms with Crippen molar-refractivity contribution in [3.05, 3.63) is 29.8 Å². The molecule has 15 heavy (non-hydrogen) atoms. The van der Waals surface area contributed by atoms with Gasteiger partial charge >= 0.3 is 0 Å². The zero-order valence-electron chi connectivity index (χ0n) is 8.03. The van der Waals surface area contributed by atoms with Crippen molar-refractivity contribution < 1.29 is 12.6 Å². The molecule has 0 aliphatic heterocycles. The Labute approximate surface area is 103 Å². The molecule has 0 bridgehead atoms. The molecule has 1 aromatic carbocycles. The zero-order chi connectivity index (χ0) is 11.3. The van der Waals surface area contributed by atoms with Crippen LogP contribution in [0.4, 0.5) is 0 Å². The summed E-state index contributed by atoms with van der Waals surface area (Å²) in [6, 6.07) is 6.48. The van der Waals surface area contributed by atoms with E-state index >= 15 is 0 Å². The van der Waals surface area contributed by atoms with Gasteiger partial charge in [0.05, 0.1) is 4.90 Å². The maximum atomic E-state index is 11.5. The van der Waals surface area contributed by atoms with E-state index in [0.29, 0.717) is 0 Å². The van der Waals surface area contributed by atoms with Gasteiger partial charge in [-0.3, -0.25) is 4.18 Å². The first-order valence-electron chi connectivity index (χ1n) is 4.11. The highest BCUT2D eigenvalue weighted by Gasteiger charge is 2.13. The van der Waals surface area contributed by atoms with E-state index in [2.05, 4.69) is 14.0 Å². The normalized spacial score (nSPS) is 10.5. The molecule has 0 saturated carbocycles. The molecule has 0 heterocycles. The summed E-state index contributed by atoms with van der Waals surface area (Å²) in [6.45, 7) is 1.78. The molecule has 0 radical (unpaired) electrons. The molecular weight excluding hydrogens is 327 g/mol. The second-order valence-electron chi connectivity index (χ2n) is 2.80. The average Bonchev–Trinajstić information content (AvgIpc) is 2.18. The molecule has 5 heteroatoms. The van der Waals surface area contributed by atoms with Crippen LogP contribution in [0.15, 0.2) is 29.2 Å². The maximum absolute atomic E-state index is 11.5. The molecule has 0 fully saturated rings. The van der Waals surface area contributed by atoms with Crippen molar-refractivity contribution in [2.45, 2.75) is 11.8 Å².